The van der Waals surface area contributed by atoms with Gasteiger partial charge >= 0.3 is 0 Å². The average molecular weight is 272 g/mol. The predicted octanol–water partition coefficient (Wildman–Crippen LogP) is 1.69. The first-order valence-corrected chi connectivity index (χ1v) is 5.89. The number of hydrogen-bond donors (Lipinski definition) is 2. The zero-order valence-electron chi connectivity index (χ0n) is 9.71. The molecule has 0 aliphatic heterocycles. The first-order chi connectivity index (χ1) is 8.50. The van der Waals surface area contributed by atoms with Crippen molar-refractivity contribution >= 4 is 23.1 Å². The third-order valence-electron chi connectivity index (χ3n) is 2.32. The van der Waals surface area contributed by atoms with Crippen molar-refractivity contribution in [2.75, 3.05) is 6.54 Å². The number of thiocarbonyl (C=S) groups is 1. The van der Waals surface area contributed by atoms with Crippen molar-refractivity contribution in [1.82, 2.24) is 5.32 Å². The van der Waals surface area contributed by atoms with Gasteiger partial charge in [-0.15, -0.1) is 0 Å². The number of carbonyl (C=O) groups is 1. The maximum Gasteiger partial charge on any atom is 0.224 e. The fourth-order valence-electron chi connectivity index (χ4n) is 1.41. The van der Waals surface area contributed by atoms with Gasteiger partial charge in [0.1, 0.15) is 11.6 Å². The highest BCUT2D eigenvalue weighted by molar-refractivity contribution is 7.80. The standard InChI is InChI=1S/C12H14F2N2OS/c13-9-3-1-4-10(14)8(9)7-12(17)16-6-2-5-11(15)18/h1,3-4H,2,5-7H2,(H2,15,18)(H,16,17). The first-order valence-electron chi connectivity index (χ1n) is 5.48. The van der Waals surface area contributed by atoms with E-state index in [0.29, 0.717) is 24.4 Å². The Morgan fingerprint density at radius 1 is 1.33 bits per heavy atom. The van der Waals surface area contributed by atoms with Crippen LogP contribution in [0.25, 0.3) is 0 Å². The lowest BCUT2D eigenvalue weighted by Crippen LogP contribution is -2.27. The molecule has 1 rings (SSSR count). The van der Waals surface area contributed by atoms with Crippen molar-refractivity contribution in [1.29, 1.82) is 0 Å². The largest absolute Gasteiger partial charge is 0.393 e. The number of nitrogens with one attached hydrogen (secondary N) is 1. The molecule has 0 bridgehead atoms. The summed E-state index contributed by atoms with van der Waals surface area (Å²) in [6, 6.07) is 3.51. The van der Waals surface area contributed by atoms with Crippen molar-refractivity contribution in [2.45, 2.75) is 19.3 Å². The molecule has 1 aromatic rings. The van der Waals surface area contributed by atoms with Crippen LogP contribution in [0.4, 0.5) is 8.78 Å². The Balaban J connectivity index is 2.43. The van der Waals surface area contributed by atoms with E-state index in [9.17, 15) is 13.6 Å². The second-order valence-electron chi connectivity index (χ2n) is 3.80. The Morgan fingerprint density at radius 2 is 1.94 bits per heavy atom. The van der Waals surface area contributed by atoms with Crippen LogP contribution in [0, 0.1) is 11.6 Å². The van der Waals surface area contributed by atoms with Crippen LogP contribution in [0.2, 0.25) is 0 Å². The Hall–Kier alpha value is -1.56. The topological polar surface area (TPSA) is 55.1 Å². The monoisotopic (exact) mass is 272 g/mol. The zero-order chi connectivity index (χ0) is 13.5. The lowest BCUT2D eigenvalue weighted by Gasteiger charge is -2.06. The van der Waals surface area contributed by atoms with Gasteiger partial charge in [-0.1, -0.05) is 18.3 Å². The second kappa shape index (κ2) is 7.00. The van der Waals surface area contributed by atoms with Gasteiger partial charge in [0, 0.05) is 12.1 Å². The van der Waals surface area contributed by atoms with E-state index in [1.807, 2.05) is 0 Å². The van der Waals surface area contributed by atoms with Gasteiger partial charge in [-0.05, 0) is 25.0 Å². The highest BCUT2D eigenvalue weighted by atomic mass is 32.1. The average Bonchev–Trinajstić information content (AvgIpc) is 2.29. The summed E-state index contributed by atoms with van der Waals surface area (Å²) < 4.78 is 26.5. The molecule has 0 unspecified atom stereocenters. The van der Waals surface area contributed by atoms with E-state index in [0.717, 1.165) is 12.1 Å². The van der Waals surface area contributed by atoms with E-state index >= 15 is 0 Å². The van der Waals surface area contributed by atoms with E-state index < -0.39 is 17.5 Å². The molecule has 0 aromatic heterocycles. The number of carbonyl (C=O) groups excluding carboxylic acids is 1. The molecule has 0 aliphatic rings. The highest BCUT2D eigenvalue weighted by Crippen LogP contribution is 2.12. The van der Waals surface area contributed by atoms with E-state index in [1.54, 1.807) is 0 Å². The van der Waals surface area contributed by atoms with Gasteiger partial charge in [-0.2, -0.15) is 0 Å². The van der Waals surface area contributed by atoms with Crippen LogP contribution in [0.3, 0.4) is 0 Å². The summed E-state index contributed by atoms with van der Waals surface area (Å²) in [5.41, 5.74) is 5.07. The van der Waals surface area contributed by atoms with Gasteiger partial charge in [0.15, 0.2) is 0 Å². The molecule has 0 atom stereocenters. The molecule has 6 heteroatoms. The Kier molecular flexibility index (Phi) is 5.64. The molecule has 18 heavy (non-hydrogen) atoms. The summed E-state index contributed by atoms with van der Waals surface area (Å²) in [4.78, 5) is 11.8. The molecule has 3 N–H and O–H groups in total. The molecule has 0 spiro atoms. The summed E-state index contributed by atoms with van der Waals surface area (Å²) in [7, 11) is 0. The molecule has 0 heterocycles. The quantitative estimate of drug-likeness (QED) is 0.612. The fourth-order valence-corrected chi connectivity index (χ4v) is 1.56. The van der Waals surface area contributed by atoms with Crippen molar-refractivity contribution in [3.8, 4) is 0 Å². The van der Waals surface area contributed by atoms with Crippen LogP contribution in [0.1, 0.15) is 18.4 Å². The van der Waals surface area contributed by atoms with E-state index in [2.05, 4.69) is 17.5 Å². The van der Waals surface area contributed by atoms with E-state index in [1.165, 1.54) is 6.07 Å². The van der Waals surface area contributed by atoms with Crippen molar-refractivity contribution < 1.29 is 13.6 Å². The summed E-state index contributed by atoms with van der Waals surface area (Å²) in [5.74, 6) is -1.86. The predicted molar refractivity (Wildman–Crippen MR) is 69.1 cm³/mol. The van der Waals surface area contributed by atoms with Gasteiger partial charge in [-0.25, -0.2) is 8.78 Å². The fraction of sp³-hybridized carbons (Fsp3) is 0.333. The molecule has 3 nitrogen and oxygen atoms in total. The molecular weight excluding hydrogens is 258 g/mol. The van der Waals surface area contributed by atoms with Crippen LogP contribution >= 0.6 is 12.2 Å². The Bertz CT molecular complexity index is 431. The number of benzene rings is 1. The van der Waals surface area contributed by atoms with E-state index in [-0.39, 0.29) is 12.0 Å². The summed E-state index contributed by atoms with van der Waals surface area (Å²) in [6.45, 7) is 0.381. The summed E-state index contributed by atoms with van der Waals surface area (Å²) in [6.07, 6.45) is 0.829. The van der Waals surface area contributed by atoms with Gasteiger partial charge in [-0.3, -0.25) is 4.79 Å². The normalized spacial score (nSPS) is 10.1. The van der Waals surface area contributed by atoms with Crippen LogP contribution in [0.5, 0.6) is 0 Å². The van der Waals surface area contributed by atoms with E-state index in [4.69, 9.17) is 5.73 Å². The van der Waals surface area contributed by atoms with Gasteiger partial charge in [0.2, 0.25) is 5.91 Å². The van der Waals surface area contributed by atoms with Crippen molar-refractivity contribution in [3.63, 3.8) is 0 Å². The third-order valence-corrected chi connectivity index (χ3v) is 2.53. The molecular formula is C12H14F2N2OS. The lowest BCUT2D eigenvalue weighted by atomic mass is 10.1. The van der Waals surface area contributed by atoms with Crippen molar-refractivity contribution in [3.05, 3.63) is 35.4 Å². The SMILES string of the molecule is NC(=S)CCCNC(=O)Cc1c(F)cccc1F. The second-order valence-corrected chi connectivity index (χ2v) is 4.32. The molecule has 0 saturated carbocycles. The number of halogens is 2. The minimum absolute atomic E-state index is 0.218. The Morgan fingerprint density at radius 3 is 2.50 bits per heavy atom. The van der Waals surface area contributed by atoms with Gasteiger partial charge < -0.3 is 11.1 Å². The maximum atomic E-state index is 13.3. The van der Waals surface area contributed by atoms with Crippen LogP contribution < -0.4 is 11.1 Å². The summed E-state index contributed by atoms with van der Waals surface area (Å²) in [5, 5.41) is 2.55. The lowest BCUT2D eigenvalue weighted by molar-refractivity contribution is -0.120. The zero-order valence-corrected chi connectivity index (χ0v) is 10.5. The van der Waals surface area contributed by atoms with Gasteiger partial charge in [0.05, 0.1) is 11.4 Å². The minimum atomic E-state index is -0.715. The van der Waals surface area contributed by atoms with Crippen LogP contribution in [-0.4, -0.2) is 17.4 Å². The first kappa shape index (κ1) is 14.5. The van der Waals surface area contributed by atoms with Crippen LogP contribution in [0.15, 0.2) is 18.2 Å². The number of amides is 1. The Labute approximate surface area is 109 Å². The molecule has 0 aliphatic carbocycles. The minimum Gasteiger partial charge on any atom is -0.393 e. The number of nitrogens with two attached hydrogens (primary N) is 1. The smallest absolute Gasteiger partial charge is 0.224 e. The third kappa shape index (κ3) is 4.75. The molecule has 0 fully saturated rings. The summed E-state index contributed by atoms with van der Waals surface area (Å²) >= 11 is 4.68. The molecule has 0 radical (unpaired) electrons. The molecule has 1 aromatic carbocycles. The highest BCUT2D eigenvalue weighted by Gasteiger charge is 2.12. The number of hydrogen-bond acceptors (Lipinski definition) is 2. The molecule has 98 valence electrons. The number of rotatable bonds is 6. The molecule has 1 amide bonds. The van der Waals surface area contributed by atoms with Crippen LogP contribution in [-0.2, 0) is 11.2 Å². The maximum absolute atomic E-state index is 13.3. The van der Waals surface area contributed by atoms with Gasteiger partial charge in [0.25, 0.3) is 0 Å². The molecule has 0 saturated heterocycles. The van der Waals surface area contributed by atoms with Crippen molar-refractivity contribution in [2.24, 2.45) is 5.73 Å².